The Kier molecular flexibility index (Phi) is 6.64. The molecule has 0 bridgehead atoms. The first-order chi connectivity index (χ1) is 12.3. The fraction of sp³-hybridized carbons (Fsp3) is 0.300. The highest BCUT2D eigenvalue weighted by atomic mass is 35.5. The lowest BCUT2D eigenvalue weighted by Gasteiger charge is -2.23. The van der Waals surface area contributed by atoms with E-state index in [9.17, 15) is 9.59 Å². The summed E-state index contributed by atoms with van der Waals surface area (Å²) in [6.07, 6.45) is 0. The van der Waals surface area contributed by atoms with Gasteiger partial charge in [-0.2, -0.15) is 0 Å². The van der Waals surface area contributed by atoms with Gasteiger partial charge in [0.25, 0.3) is 0 Å². The fourth-order valence-electron chi connectivity index (χ4n) is 2.54. The molecule has 2 rings (SSSR count). The van der Waals surface area contributed by atoms with Crippen LogP contribution in [0.1, 0.15) is 32.3 Å². The molecule has 0 unspecified atom stereocenters. The third-order valence-corrected chi connectivity index (χ3v) is 4.21. The van der Waals surface area contributed by atoms with Crippen molar-refractivity contribution in [2.45, 2.75) is 26.7 Å². The molecule has 0 atom stereocenters. The molecule has 0 radical (unpaired) electrons. The molecule has 0 saturated heterocycles. The molecule has 5 nitrogen and oxygen atoms in total. The van der Waals surface area contributed by atoms with Crippen LogP contribution >= 0.6 is 11.6 Å². The number of hydrogen-bond acceptors (Lipinski definition) is 3. The largest absolute Gasteiger partial charge is 0.495 e. The molecule has 0 spiro atoms. The average Bonchev–Trinajstić information content (AvgIpc) is 2.60. The van der Waals surface area contributed by atoms with Crippen molar-refractivity contribution >= 4 is 34.8 Å². The smallest absolute Gasteiger partial charge is 0.244 e. The number of carbonyl (C=O) groups is 2. The van der Waals surface area contributed by atoms with Crippen molar-refractivity contribution < 1.29 is 14.3 Å². The minimum Gasteiger partial charge on any atom is -0.495 e. The Morgan fingerprint density at radius 1 is 1.15 bits per heavy atom. The average molecular weight is 375 g/mol. The lowest BCUT2D eigenvalue weighted by atomic mass is 10.0. The van der Waals surface area contributed by atoms with Crippen molar-refractivity contribution in [2.24, 2.45) is 0 Å². The highest BCUT2D eigenvalue weighted by molar-refractivity contribution is 6.31. The highest BCUT2D eigenvalue weighted by Gasteiger charge is 2.20. The summed E-state index contributed by atoms with van der Waals surface area (Å²) in [4.78, 5) is 25.8. The Bertz CT molecular complexity index is 788. The Hall–Kier alpha value is -2.53. The second-order valence-electron chi connectivity index (χ2n) is 6.25. The van der Waals surface area contributed by atoms with E-state index in [0.717, 1.165) is 0 Å². The highest BCUT2D eigenvalue weighted by Crippen LogP contribution is 2.31. The predicted octanol–water partition coefficient (Wildman–Crippen LogP) is 4.46. The molecule has 0 aromatic heterocycles. The maximum absolute atomic E-state index is 12.4. The van der Waals surface area contributed by atoms with Gasteiger partial charge in [0, 0.05) is 17.6 Å². The molecule has 0 aliphatic heterocycles. The van der Waals surface area contributed by atoms with Crippen molar-refractivity contribution in [1.29, 1.82) is 0 Å². The van der Waals surface area contributed by atoms with Crippen LogP contribution in [0.4, 0.5) is 11.4 Å². The third-order valence-electron chi connectivity index (χ3n) is 3.97. The molecule has 2 aromatic carbocycles. The van der Waals surface area contributed by atoms with Crippen molar-refractivity contribution in [3.05, 3.63) is 53.1 Å². The maximum Gasteiger partial charge on any atom is 0.244 e. The van der Waals surface area contributed by atoms with Gasteiger partial charge in [-0.05, 0) is 41.8 Å². The summed E-state index contributed by atoms with van der Waals surface area (Å²) in [7, 11) is 1.50. The van der Waals surface area contributed by atoms with Crippen LogP contribution < -0.4 is 15.0 Å². The monoisotopic (exact) mass is 374 g/mol. The number of hydrogen-bond donors (Lipinski definition) is 1. The quantitative estimate of drug-likeness (QED) is 0.811. The molecule has 2 aromatic rings. The summed E-state index contributed by atoms with van der Waals surface area (Å²) in [6, 6.07) is 12.6. The van der Waals surface area contributed by atoms with Crippen LogP contribution in [0, 0.1) is 0 Å². The standard InChI is InChI=1S/C20H23ClN2O3/c1-13(2)15-5-8-17(9-6-15)22-20(25)12-23(14(3)24)18-11-16(21)7-10-19(18)26-4/h5-11,13H,12H2,1-4H3,(H,22,25). The van der Waals surface area contributed by atoms with Gasteiger partial charge in [-0.15, -0.1) is 0 Å². The maximum atomic E-state index is 12.4. The van der Waals surface area contributed by atoms with Crippen LogP contribution in [0.5, 0.6) is 5.75 Å². The predicted molar refractivity (Wildman–Crippen MR) is 105 cm³/mol. The van der Waals surface area contributed by atoms with Crippen LogP contribution in [0.2, 0.25) is 5.02 Å². The van der Waals surface area contributed by atoms with Gasteiger partial charge in [-0.3, -0.25) is 14.5 Å². The zero-order valence-electron chi connectivity index (χ0n) is 15.4. The lowest BCUT2D eigenvalue weighted by Crippen LogP contribution is -2.36. The van der Waals surface area contributed by atoms with Crippen LogP contribution in [0.15, 0.2) is 42.5 Å². The topological polar surface area (TPSA) is 58.6 Å². The van der Waals surface area contributed by atoms with Crippen LogP contribution in [-0.2, 0) is 9.59 Å². The zero-order chi connectivity index (χ0) is 19.3. The summed E-state index contributed by atoms with van der Waals surface area (Å²) in [5, 5.41) is 3.26. The number of nitrogens with one attached hydrogen (secondary N) is 1. The summed E-state index contributed by atoms with van der Waals surface area (Å²) in [5.74, 6) is 0.303. The summed E-state index contributed by atoms with van der Waals surface area (Å²) in [6.45, 7) is 5.47. The van der Waals surface area contributed by atoms with Crippen LogP contribution in [0.3, 0.4) is 0 Å². The van der Waals surface area contributed by atoms with Gasteiger partial charge in [0.15, 0.2) is 0 Å². The van der Waals surface area contributed by atoms with Crippen molar-refractivity contribution in [1.82, 2.24) is 0 Å². The summed E-state index contributed by atoms with van der Waals surface area (Å²) in [5.41, 5.74) is 2.33. The van der Waals surface area contributed by atoms with E-state index < -0.39 is 0 Å². The number of amides is 2. The van der Waals surface area contributed by atoms with Gasteiger partial charge in [0.1, 0.15) is 12.3 Å². The number of rotatable bonds is 6. The number of methoxy groups -OCH3 is 1. The SMILES string of the molecule is COc1ccc(Cl)cc1N(CC(=O)Nc1ccc(C(C)C)cc1)C(C)=O. The first kappa shape index (κ1) is 19.8. The minimum atomic E-state index is -0.306. The van der Waals surface area contributed by atoms with E-state index in [1.807, 2.05) is 24.3 Å². The number of halogens is 1. The molecule has 1 N–H and O–H groups in total. The van der Waals surface area contributed by atoms with Gasteiger partial charge in [0.05, 0.1) is 12.8 Å². The van der Waals surface area contributed by atoms with E-state index in [1.165, 1.54) is 24.5 Å². The molecule has 0 saturated carbocycles. The number of benzene rings is 2. The lowest BCUT2D eigenvalue weighted by molar-refractivity contribution is -0.120. The van der Waals surface area contributed by atoms with E-state index in [1.54, 1.807) is 18.2 Å². The van der Waals surface area contributed by atoms with E-state index in [0.29, 0.717) is 28.1 Å². The number of ether oxygens (including phenoxy) is 1. The molecule has 0 heterocycles. The fourth-order valence-corrected chi connectivity index (χ4v) is 2.70. The summed E-state index contributed by atoms with van der Waals surface area (Å²) >= 11 is 6.04. The molecule has 0 aliphatic rings. The molecular weight excluding hydrogens is 352 g/mol. The Labute approximate surface area is 158 Å². The third kappa shape index (κ3) is 4.99. The van der Waals surface area contributed by atoms with Gasteiger partial charge in [-0.25, -0.2) is 0 Å². The first-order valence-corrected chi connectivity index (χ1v) is 8.71. The number of anilines is 2. The first-order valence-electron chi connectivity index (χ1n) is 8.33. The van der Waals surface area contributed by atoms with E-state index in [4.69, 9.17) is 16.3 Å². The van der Waals surface area contributed by atoms with Crippen molar-refractivity contribution in [3.8, 4) is 5.75 Å². The van der Waals surface area contributed by atoms with Crippen LogP contribution in [0.25, 0.3) is 0 Å². The van der Waals surface area contributed by atoms with Crippen LogP contribution in [-0.4, -0.2) is 25.5 Å². The van der Waals surface area contributed by atoms with E-state index in [2.05, 4.69) is 19.2 Å². The van der Waals surface area contributed by atoms with Gasteiger partial charge >= 0.3 is 0 Å². The molecule has 26 heavy (non-hydrogen) atoms. The molecule has 0 fully saturated rings. The number of nitrogens with zero attached hydrogens (tertiary/aromatic N) is 1. The molecule has 138 valence electrons. The second kappa shape index (κ2) is 8.72. The Balaban J connectivity index is 2.16. The molecule has 0 aliphatic carbocycles. The number of carbonyl (C=O) groups excluding carboxylic acids is 2. The summed E-state index contributed by atoms with van der Waals surface area (Å²) < 4.78 is 5.28. The van der Waals surface area contributed by atoms with E-state index >= 15 is 0 Å². The van der Waals surface area contributed by atoms with Crippen molar-refractivity contribution in [3.63, 3.8) is 0 Å². The molecule has 6 heteroatoms. The second-order valence-corrected chi connectivity index (χ2v) is 6.68. The normalized spacial score (nSPS) is 10.5. The van der Waals surface area contributed by atoms with Gasteiger partial charge in [0.2, 0.25) is 11.8 Å². The zero-order valence-corrected chi connectivity index (χ0v) is 16.1. The Morgan fingerprint density at radius 3 is 2.35 bits per heavy atom. The Morgan fingerprint density at radius 2 is 1.81 bits per heavy atom. The van der Waals surface area contributed by atoms with Gasteiger partial charge in [-0.1, -0.05) is 37.6 Å². The van der Waals surface area contributed by atoms with E-state index in [-0.39, 0.29) is 18.4 Å². The molecular formula is C20H23ClN2O3. The van der Waals surface area contributed by atoms with Crippen molar-refractivity contribution in [2.75, 3.05) is 23.9 Å². The van der Waals surface area contributed by atoms with Gasteiger partial charge < -0.3 is 10.1 Å². The molecule has 2 amide bonds. The minimum absolute atomic E-state index is 0.141.